The van der Waals surface area contributed by atoms with Crippen LogP contribution in [0.25, 0.3) is 0 Å². The molecule has 0 aliphatic heterocycles. The number of phenolic OH excluding ortho intramolecular Hbond substituents is 1. The maximum absolute atomic E-state index is 9.38. The average molecular weight is 235 g/mol. The second-order valence-electron chi connectivity index (χ2n) is 3.51. The predicted molar refractivity (Wildman–Crippen MR) is 64.4 cm³/mol. The summed E-state index contributed by atoms with van der Waals surface area (Å²) in [5, 5.41) is 10.0. The number of hydrogen-bond donors (Lipinski definition) is 1. The van der Waals surface area contributed by atoms with E-state index in [9.17, 15) is 5.11 Å². The average Bonchev–Trinajstić information content (AvgIpc) is 2.24. The van der Waals surface area contributed by atoms with E-state index in [1.54, 1.807) is 30.3 Å². The van der Waals surface area contributed by atoms with Crippen LogP contribution in [0.2, 0.25) is 5.02 Å². The Labute approximate surface area is 99.1 Å². The van der Waals surface area contributed by atoms with E-state index >= 15 is 0 Å². The first kappa shape index (κ1) is 10.8. The third-order valence-electron chi connectivity index (χ3n) is 2.20. The molecule has 2 aromatic carbocycles. The molecule has 2 aromatic rings. The summed E-state index contributed by atoms with van der Waals surface area (Å²) in [5.74, 6) is 1.62. The van der Waals surface area contributed by atoms with Crippen LogP contribution in [-0.2, 0) is 0 Å². The summed E-state index contributed by atoms with van der Waals surface area (Å²) in [5.41, 5.74) is 0.777. The molecule has 0 aromatic heterocycles. The standard InChI is InChI=1S/C13H11ClO2/c1-9-7-12(5-6-13(9)15)16-11-4-2-3-10(14)8-11/h2-8,15H,1H3. The predicted octanol–water partition coefficient (Wildman–Crippen LogP) is 4.15. The highest BCUT2D eigenvalue weighted by molar-refractivity contribution is 6.30. The van der Waals surface area contributed by atoms with Crippen LogP contribution >= 0.6 is 11.6 Å². The highest BCUT2D eigenvalue weighted by Gasteiger charge is 2.01. The smallest absolute Gasteiger partial charge is 0.128 e. The first-order valence-corrected chi connectivity index (χ1v) is 5.26. The Balaban J connectivity index is 2.24. The van der Waals surface area contributed by atoms with Gasteiger partial charge in [-0.3, -0.25) is 0 Å². The van der Waals surface area contributed by atoms with Crippen LogP contribution in [0, 0.1) is 6.92 Å². The molecule has 0 saturated carbocycles. The van der Waals surface area contributed by atoms with Crippen molar-refractivity contribution in [1.82, 2.24) is 0 Å². The van der Waals surface area contributed by atoms with Gasteiger partial charge in [-0.1, -0.05) is 17.7 Å². The molecule has 2 rings (SSSR count). The van der Waals surface area contributed by atoms with Crippen molar-refractivity contribution in [2.24, 2.45) is 0 Å². The molecule has 0 spiro atoms. The molecular weight excluding hydrogens is 224 g/mol. The van der Waals surface area contributed by atoms with Crippen molar-refractivity contribution in [2.75, 3.05) is 0 Å². The number of hydrogen-bond acceptors (Lipinski definition) is 2. The Hall–Kier alpha value is -1.67. The molecule has 82 valence electrons. The molecular formula is C13H11ClO2. The summed E-state index contributed by atoms with van der Waals surface area (Å²) >= 11 is 5.85. The van der Waals surface area contributed by atoms with Gasteiger partial charge >= 0.3 is 0 Å². The van der Waals surface area contributed by atoms with Crippen molar-refractivity contribution in [3.05, 3.63) is 53.1 Å². The molecule has 1 N–H and O–H groups in total. The minimum absolute atomic E-state index is 0.262. The number of phenols is 1. The Morgan fingerprint density at radius 3 is 2.50 bits per heavy atom. The Bertz CT molecular complexity index is 509. The minimum atomic E-state index is 0.262. The molecule has 0 unspecified atom stereocenters. The van der Waals surface area contributed by atoms with Crippen LogP contribution in [0.4, 0.5) is 0 Å². The van der Waals surface area contributed by atoms with Crippen LogP contribution in [-0.4, -0.2) is 5.11 Å². The largest absolute Gasteiger partial charge is 0.508 e. The van der Waals surface area contributed by atoms with Gasteiger partial charge in [0.25, 0.3) is 0 Å². The Morgan fingerprint density at radius 1 is 1.06 bits per heavy atom. The van der Waals surface area contributed by atoms with E-state index < -0.39 is 0 Å². The quantitative estimate of drug-likeness (QED) is 0.846. The second-order valence-corrected chi connectivity index (χ2v) is 3.94. The van der Waals surface area contributed by atoms with Gasteiger partial charge in [-0.2, -0.15) is 0 Å². The van der Waals surface area contributed by atoms with E-state index in [0.29, 0.717) is 16.5 Å². The van der Waals surface area contributed by atoms with Crippen molar-refractivity contribution < 1.29 is 9.84 Å². The molecule has 0 amide bonds. The molecule has 0 aliphatic carbocycles. The maximum atomic E-state index is 9.38. The summed E-state index contributed by atoms with van der Waals surface area (Å²) in [6, 6.07) is 12.3. The molecule has 2 nitrogen and oxygen atoms in total. The zero-order valence-electron chi connectivity index (χ0n) is 8.77. The van der Waals surface area contributed by atoms with E-state index in [0.717, 1.165) is 5.56 Å². The molecule has 0 bridgehead atoms. The van der Waals surface area contributed by atoms with E-state index in [1.165, 1.54) is 0 Å². The number of ether oxygens (including phenoxy) is 1. The van der Waals surface area contributed by atoms with Gasteiger partial charge in [0.1, 0.15) is 17.2 Å². The van der Waals surface area contributed by atoms with Crippen LogP contribution < -0.4 is 4.74 Å². The summed E-state index contributed by atoms with van der Waals surface area (Å²) < 4.78 is 5.60. The van der Waals surface area contributed by atoms with Gasteiger partial charge in [-0.05, 0) is 48.9 Å². The monoisotopic (exact) mass is 234 g/mol. The lowest BCUT2D eigenvalue weighted by Gasteiger charge is -2.07. The number of halogens is 1. The summed E-state index contributed by atoms with van der Waals surface area (Å²) in [6.07, 6.45) is 0. The van der Waals surface area contributed by atoms with E-state index in [4.69, 9.17) is 16.3 Å². The molecule has 0 radical (unpaired) electrons. The SMILES string of the molecule is Cc1cc(Oc2cccc(Cl)c2)ccc1O. The van der Waals surface area contributed by atoms with Gasteiger partial charge in [0.05, 0.1) is 0 Å². The van der Waals surface area contributed by atoms with Gasteiger partial charge in [0, 0.05) is 5.02 Å². The second kappa shape index (κ2) is 4.45. The fourth-order valence-corrected chi connectivity index (χ4v) is 1.54. The van der Waals surface area contributed by atoms with Gasteiger partial charge in [-0.25, -0.2) is 0 Å². The van der Waals surface area contributed by atoms with E-state index in [1.807, 2.05) is 19.1 Å². The van der Waals surface area contributed by atoms with Gasteiger partial charge < -0.3 is 9.84 Å². The van der Waals surface area contributed by atoms with Crippen molar-refractivity contribution in [3.63, 3.8) is 0 Å². The number of aromatic hydroxyl groups is 1. The molecule has 0 aliphatic rings. The first-order valence-electron chi connectivity index (χ1n) is 4.88. The normalized spacial score (nSPS) is 10.1. The maximum Gasteiger partial charge on any atom is 0.128 e. The highest BCUT2D eigenvalue weighted by atomic mass is 35.5. The number of benzene rings is 2. The number of aryl methyl sites for hydroxylation is 1. The van der Waals surface area contributed by atoms with E-state index in [2.05, 4.69) is 0 Å². The molecule has 0 saturated heterocycles. The lowest BCUT2D eigenvalue weighted by atomic mass is 10.2. The lowest BCUT2D eigenvalue weighted by molar-refractivity contribution is 0.460. The van der Waals surface area contributed by atoms with Crippen LogP contribution in [0.5, 0.6) is 17.2 Å². The minimum Gasteiger partial charge on any atom is -0.508 e. The topological polar surface area (TPSA) is 29.5 Å². The van der Waals surface area contributed by atoms with E-state index in [-0.39, 0.29) is 5.75 Å². The van der Waals surface area contributed by atoms with Crippen LogP contribution in [0.15, 0.2) is 42.5 Å². The summed E-state index contributed by atoms with van der Waals surface area (Å²) in [6.45, 7) is 1.82. The highest BCUT2D eigenvalue weighted by Crippen LogP contribution is 2.27. The Morgan fingerprint density at radius 2 is 1.81 bits per heavy atom. The van der Waals surface area contributed by atoms with Crippen molar-refractivity contribution in [2.45, 2.75) is 6.92 Å². The van der Waals surface area contributed by atoms with Crippen molar-refractivity contribution >= 4 is 11.6 Å². The molecule has 0 fully saturated rings. The Kier molecular flexibility index (Phi) is 3.02. The zero-order chi connectivity index (χ0) is 11.5. The van der Waals surface area contributed by atoms with Crippen molar-refractivity contribution in [1.29, 1.82) is 0 Å². The summed E-state index contributed by atoms with van der Waals surface area (Å²) in [4.78, 5) is 0. The molecule has 16 heavy (non-hydrogen) atoms. The van der Waals surface area contributed by atoms with Crippen molar-refractivity contribution in [3.8, 4) is 17.2 Å². The van der Waals surface area contributed by atoms with Gasteiger partial charge in [0.15, 0.2) is 0 Å². The fourth-order valence-electron chi connectivity index (χ4n) is 1.36. The molecule has 0 atom stereocenters. The van der Waals surface area contributed by atoms with Crippen LogP contribution in [0.1, 0.15) is 5.56 Å². The van der Waals surface area contributed by atoms with Gasteiger partial charge in [0.2, 0.25) is 0 Å². The zero-order valence-corrected chi connectivity index (χ0v) is 9.53. The molecule has 0 heterocycles. The van der Waals surface area contributed by atoms with Gasteiger partial charge in [-0.15, -0.1) is 0 Å². The third-order valence-corrected chi connectivity index (χ3v) is 2.44. The lowest BCUT2D eigenvalue weighted by Crippen LogP contribution is -1.84. The third kappa shape index (κ3) is 2.47. The molecule has 3 heteroatoms. The first-order chi connectivity index (χ1) is 7.65. The van der Waals surface area contributed by atoms with Crippen LogP contribution in [0.3, 0.4) is 0 Å². The summed E-state index contributed by atoms with van der Waals surface area (Å²) in [7, 11) is 0. The number of rotatable bonds is 2. The fraction of sp³-hybridized carbons (Fsp3) is 0.0769.